The fraction of sp³-hybridized carbons (Fsp3) is 0.217. The normalized spacial score (nSPS) is 10.6. The van der Waals surface area contributed by atoms with Gasteiger partial charge in [-0.15, -0.1) is 0 Å². The molecule has 1 aromatic heterocycles. The summed E-state index contributed by atoms with van der Waals surface area (Å²) in [6.07, 6.45) is 1.09. The molecule has 0 saturated carbocycles. The molecule has 0 radical (unpaired) electrons. The number of carbonyl (C=O) groups excluding carboxylic acids is 2. The molecule has 0 fully saturated rings. The first-order valence-electron chi connectivity index (χ1n) is 10.1. The second-order valence-electron chi connectivity index (χ2n) is 7.08. The van der Waals surface area contributed by atoms with Crippen LogP contribution in [0.25, 0.3) is 5.69 Å². The van der Waals surface area contributed by atoms with E-state index < -0.39 is 23.1 Å². The topological polar surface area (TPSA) is 109 Å². The van der Waals surface area contributed by atoms with Crippen LogP contribution >= 0.6 is 23.2 Å². The summed E-state index contributed by atoms with van der Waals surface area (Å²) >= 11 is 12.3. The monoisotopic (exact) mass is 505 g/mol. The first-order chi connectivity index (χ1) is 16.3. The Labute approximate surface area is 204 Å². The number of nitrogens with zero attached hydrogens (tertiary/aromatic N) is 2. The van der Waals surface area contributed by atoms with E-state index in [-0.39, 0.29) is 35.1 Å². The van der Waals surface area contributed by atoms with Crippen molar-refractivity contribution < 1.29 is 19.1 Å². The molecule has 2 aromatic carbocycles. The van der Waals surface area contributed by atoms with Gasteiger partial charge in [0, 0.05) is 12.7 Å². The fourth-order valence-corrected chi connectivity index (χ4v) is 3.52. The van der Waals surface area contributed by atoms with Crippen molar-refractivity contribution in [3.05, 3.63) is 90.7 Å². The second-order valence-corrected chi connectivity index (χ2v) is 7.86. The molecule has 1 heterocycles. The average molecular weight is 506 g/mol. The number of aromatic nitrogens is 2. The Balaban J connectivity index is 2.11. The number of hydrogen-bond acceptors (Lipinski definition) is 6. The Hall–Kier alpha value is -3.56. The Morgan fingerprint density at radius 3 is 2.38 bits per heavy atom. The number of halogens is 2. The largest absolute Gasteiger partial charge is 0.497 e. The number of hydrogen-bond donors (Lipinski definition) is 1. The van der Waals surface area contributed by atoms with E-state index in [1.165, 1.54) is 18.8 Å². The second kappa shape index (κ2) is 11.0. The van der Waals surface area contributed by atoms with Crippen LogP contribution in [0.5, 0.6) is 5.75 Å². The molecule has 3 rings (SSSR count). The van der Waals surface area contributed by atoms with E-state index in [9.17, 15) is 19.2 Å². The van der Waals surface area contributed by atoms with Gasteiger partial charge < -0.3 is 14.8 Å². The summed E-state index contributed by atoms with van der Waals surface area (Å²) in [7, 11) is 2.74. The van der Waals surface area contributed by atoms with Crippen LogP contribution in [0.4, 0.5) is 0 Å². The van der Waals surface area contributed by atoms with Gasteiger partial charge in [-0.3, -0.25) is 23.5 Å². The predicted octanol–water partition coefficient (Wildman–Crippen LogP) is 2.66. The summed E-state index contributed by atoms with van der Waals surface area (Å²) in [4.78, 5) is 50.6. The van der Waals surface area contributed by atoms with Gasteiger partial charge in [0.25, 0.3) is 11.5 Å². The number of benzene rings is 2. The summed E-state index contributed by atoms with van der Waals surface area (Å²) in [6, 6.07) is 11.3. The molecule has 0 bridgehead atoms. The van der Waals surface area contributed by atoms with Crippen LogP contribution in [0, 0.1) is 0 Å². The van der Waals surface area contributed by atoms with Crippen molar-refractivity contribution in [1.29, 1.82) is 0 Å². The zero-order chi connectivity index (χ0) is 24.8. The minimum Gasteiger partial charge on any atom is -0.497 e. The Morgan fingerprint density at radius 2 is 1.74 bits per heavy atom. The maximum absolute atomic E-state index is 13.3. The van der Waals surface area contributed by atoms with Gasteiger partial charge >= 0.3 is 11.7 Å². The standard InChI is InChI=1S/C23H21Cl2N3O6/c1-33-16-8-6-15(7-9-16)27-13-17(21(30)26-11-10-19(29)34-2)22(31)28(23(27)32)12-14-4-3-5-18(24)20(14)25/h3-9,13H,10-12H2,1-2H3,(H,26,30). The van der Waals surface area contributed by atoms with Crippen molar-refractivity contribution in [3.63, 3.8) is 0 Å². The molecule has 3 aromatic rings. The smallest absolute Gasteiger partial charge is 0.335 e. The third-order valence-corrected chi connectivity index (χ3v) is 5.83. The van der Waals surface area contributed by atoms with E-state index in [4.69, 9.17) is 27.9 Å². The van der Waals surface area contributed by atoms with Gasteiger partial charge in [0.1, 0.15) is 11.3 Å². The Bertz CT molecular complexity index is 1330. The lowest BCUT2D eigenvalue weighted by atomic mass is 10.2. The number of nitrogens with one attached hydrogen (secondary N) is 1. The highest BCUT2D eigenvalue weighted by atomic mass is 35.5. The SMILES string of the molecule is COC(=O)CCNC(=O)c1cn(-c2ccc(OC)cc2)c(=O)n(Cc2cccc(Cl)c2Cl)c1=O. The molecule has 9 nitrogen and oxygen atoms in total. The summed E-state index contributed by atoms with van der Waals surface area (Å²) in [6.45, 7) is -0.261. The third kappa shape index (κ3) is 5.49. The number of ether oxygens (including phenoxy) is 2. The lowest BCUT2D eigenvalue weighted by Gasteiger charge is -2.14. The van der Waals surface area contributed by atoms with Crippen LogP contribution in [0.15, 0.2) is 58.3 Å². The molecule has 34 heavy (non-hydrogen) atoms. The summed E-state index contributed by atoms with van der Waals surface area (Å²) in [5.74, 6) is -0.699. The van der Waals surface area contributed by atoms with E-state index >= 15 is 0 Å². The number of rotatable bonds is 8. The molecule has 0 aliphatic rings. The van der Waals surface area contributed by atoms with E-state index in [2.05, 4.69) is 10.1 Å². The molecule has 11 heteroatoms. The highest BCUT2D eigenvalue weighted by molar-refractivity contribution is 6.42. The molecule has 1 N–H and O–H groups in total. The van der Waals surface area contributed by atoms with Crippen molar-refractivity contribution in [2.45, 2.75) is 13.0 Å². The highest BCUT2D eigenvalue weighted by Crippen LogP contribution is 2.25. The van der Waals surface area contributed by atoms with Crippen molar-refractivity contribution >= 4 is 35.1 Å². The third-order valence-electron chi connectivity index (χ3n) is 4.97. The van der Waals surface area contributed by atoms with Crippen LogP contribution in [-0.2, 0) is 16.1 Å². The number of esters is 1. The molecule has 0 aliphatic heterocycles. The number of methoxy groups -OCH3 is 2. The van der Waals surface area contributed by atoms with Crippen LogP contribution in [0.3, 0.4) is 0 Å². The highest BCUT2D eigenvalue weighted by Gasteiger charge is 2.20. The van der Waals surface area contributed by atoms with Crippen molar-refractivity contribution in [3.8, 4) is 11.4 Å². The van der Waals surface area contributed by atoms with Gasteiger partial charge in [-0.1, -0.05) is 35.3 Å². The average Bonchev–Trinajstić information content (AvgIpc) is 2.84. The van der Waals surface area contributed by atoms with Crippen LogP contribution < -0.4 is 21.3 Å². The minimum absolute atomic E-state index is 0.0489. The van der Waals surface area contributed by atoms with Crippen molar-refractivity contribution in [2.75, 3.05) is 20.8 Å². The van der Waals surface area contributed by atoms with E-state index in [1.807, 2.05) is 0 Å². The van der Waals surface area contributed by atoms with E-state index in [1.54, 1.807) is 42.5 Å². The first-order valence-corrected chi connectivity index (χ1v) is 10.8. The van der Waals surface area contributed by atoms with Gasteiger partial charge in [0.05, 0.1) is 42.9 Å². The van der Waals surface area contributed by atoms with Crippen molar-refractivity contribution in [1.82, 2.24) is 14.5 Å². The molecule has 0 aliphatic carbocycles. The summed E-state index contributed by atoms with van der Waals surface area (Å²) in [5.41, 5.74) is -0.963. The van der Waals surface area contributed by atoms with E-state index in [0.717, 1.165) is 10.8 Å². The van der Waals surface area contributed by atoms with Crippen LogP contribution in [0.2, 0.25) is 10.0 Å². The fourth-order valence-electron chi connectivity index (χ4n) is 3.14. The zero-order valence-electron chi connectivity index (χ0n) is 18.3. The number of amides is 1. The molecule has 178 valence electrons. The van der Waals surface area contributed by atoms with Gasteiger partial charge in [-0.2, -0.15) is 0 Å². The van der Waals surface area contributed by atoms with Crippen LogP contribution in [-0.4, -0.2) is 41.8 Å². The summed E-state index contributed by atoms with van der Waals surface area (Å²) in [5, 5.41) is 2.95. The van der Waals surface area contributed by atoms with Gasteiger partial charge in [-0.05, 0) is 35.9 Å². The zero-order valence-corrected chi connectivity index (χ0v) is 19.9. The molecule has 0 unspecified atom stereocenters. The minimum atomic E-state index is -0.818. The molecule has 0 spiro atoms. The Kier molecular flexibility index (Phi) is 8.14. The molecular weight excluding hydrogens is 485 g/mol. The van der Waals surface area contributed by atoms with Gasteiger partial charge in [0.15, 0.2) is 0 Å². The van der Waals surface area contributed by atoms with Crippen molar-refractivity contribution in [2.24, 2.45) is 0 Å². The lowest BCUT2D eigenvalue weighted by molar-refractivity contribution is -0.140. The molecule has 0 saturated heterocycles. The number of carbonyl (C=O) groups is 2. The van der Waals surface area contributed by atoms with Crippen LogP contribution in [0.1, 0.15) is 22.3 Å². The predicted molar refractivity (Wildman–Crippen MR) is 127 cm³/mol. The Morgan fingerprint density at radius 1 is 1.03 bits per heavy atom. The summed E-state index contributed by atoms with van der Waals surface area (Å²) < 4.78 is 11.8. The molecule has 0 atom stereocenters. The van der Waals surface area contributed by atoms with Gasteiger partial charge in [0.2, 0.25) is 0 Å². The molecular formula is C23H21Cl2N3O6. The lowest BCUT2D eigenvalue weighted by Crippen LogP contribution is -2.44. The van der Waals surface area contributed by atoms with Gasteiger partial charge in [-0.25, -0.2) is 4.79 Å². The molecule has 1 amide bonds. The first kappa shape index (κ1) is 25.1. The van der Waals surface area contributed by atoms with E-state index in [0.29, 0.717) is 17.0 Å². The quantitative estimate of drug-likeness (QED) is 0.471. The maximum atomic E-state index is 13.3. The maximum Gasteiger partial charge on any atom is 0.335 e.